The van der Waals surface area contributed by atoms with Crippen LogP contribution in [0, 0.1) is 0 Å². The van der Waals surface area contributed by atoms with Gasteiger partial charge in [-0.3, -0.25) is 0 Å². The fourth-order valence-corrected chi connectivity index (χ4v) is 6.83. The highest BCUT2D eigenvalue weighted by Gasteiger charge is 2.20. The molecule has 0 fully saturated rings. The van der Waals surface area contributed by atoms with Crippen LogP contribution in [0.2, 0.25) is 0 Å². The minimum absolute atomic E-state index is 1.01. The number of hydrogen-bond donors (Lipinski definition) is 0. The van der Waals surface area contributed by atoms with Crippen LogP contribution in [-0.4, -0.2) is 9.13 Å². The number of aromatic nitrogens is 2. The van der Waals surface area contributed by atoms with Crippen molar-refractivity contribution in [2.45, 2.75) is 6.42 Å². The van der Waals surface area contributed by atoms with Gasteiger partial charge < -0.3 is 9.13 Å². The van der Waals surface area contributed by atoms with Crippen molar-refractivity contribution in [3.8, 4) is 22.5 Å². The van der Waals surface area contributed by atoms with E-state index < -0.39 is 0 Å². The average molecular weight is 497 g/mol. The first-order valence-electron chi connectivity index (χ1n) is 13.6. The molecule has 6 aromatic carbocycles. The standard InChI is InChI=1S/C37H24N2/c1-2-10-28-24(9-1)21-25-17-18-26(22-33(25)28)39-36-16-8-5-13-31(36)32-20-19-27(23-37(32)39)38-34-14-6-3-11-29(34)30-12-4-7-15-35(30)38/h1-20,22-23H,21H2. The fraction of sp³-hybridized carbons (Fsp3) is 0.0270. The predicted molar refractivity (Wildman–Crippen MR) is 163 cm³/mol. The van der Waals surface area contributed by atoms with Crippen molar-refractivity contribution in [3.63, 3.8) is 0 Å². The van der Waals surface area contributed by atoms with Gasteiger partial charge in [-0.25, -0.2) is 0 Å². The summed E-state index contributed by atoms with van der Waals surface area (Å²) in [7, 11) is 0. The van der Waals surface area contributed by atoms with Crippen molar-refractivity contribution in [1.82, 2.24) is 9.13 Å². The second kappa shape index (κ2) is 7.72. The van der Waals surface area contributed by atoms with Crippen LogP contribution >= 0.6 is 0 Å². The van der Waals surface area contributed by atoms with Crippen LogP contribution in [0.3, 0.4) is 0 Å². The molecule has 0 aliphatic heterocycles. The molecule has 0 unspecified atom stereocenters. The van der Waals surface area contributed by atoms with E-state index in [1.807, 2.05) is 0 Å². The summed E-state index contributed by atoms with van der Waals surface area (Å²) in [6.07, 6.45) is 1.01. The molecule has 2 heterocycles. The lowest BCUT2D eigenvalue weighted by Gasteiger charge is -2.12. The van der Waals surface area contributed by atoms with Crippen LogP contribution in [-0.2, 0) is 6.42 Å². The van der Waals surface area contributed by atoms with Gasteiger partial charge in [-0.15, -0.1) is 0 Å². The Bertz CT molecular complexity index is 2210. The van der Waals surface area contributed by atoms with Gasteiger partial charge in [0.15, 0.2) is 0 Å². The number of para-hydroxylation sites is 3. The zero-order valence-corrected chi connectivity index (χ0v) is 21.3. The third-order valence-corrected chi connectivity index (χ3v) is 8.54. The first-order valence-corrected chi connectivity index (χ1v) is 13.6. The molecular formula is C37H24N2. The maximum Gasteiger partial charge on any atom is 0.0561 e. The first kappa shape index (κ1) is 20.9. The van der Waals surface area contributed by atoms with Crippen LogP contribution < -0.4 is 0 Å². The SMILES string of the molecule is c1ccc2c(c1)Cc1ccc(-n3c4ccccc4c4ccc(-n5c6ccccc6c6ccccc65)cc43)cc1-2. The fourth-order valence-electron chi connectivity index (χ4n) is 6.83. The molecule has 0 bridgehead atoms. The van der Waals surface area contributed by atoms with E-state index in [4.69, 9.17) is 0 Å². The van der Waals surface area contributed by atoms with Crippen LogP contribution in [0.4, 0.5) is 0 Å². The van der Waals surface area contributed by atoms with Gasteiger partial charge in [0.25, 0.3) is 0 Å². The molecule has 1 aliphatic rings. The van der Waals surface area contributed by atoms with Crippen molar-refractivity contribution >= 4 is 43.6 Å². The number of fused-ring (bicyclic) bond motifs is 9. The van der Waals surface area contributed by atoms with E-state index in [1.165, 1.54) is 77.2 Å². The Labute approximate surface area is 226 Å². The van der Waals surface area contributed by atoms with E-state index in [0.717, 1.165) is 6.42 Å². The van der Waals surface area contributed by atoms with Gasteiger partial charge in [0, 0.05) is 32.9 Å². The molecule has 0 amide bonds. The third kappa shape index (κ3) is 2.86. The predicted octanol–water partition coefficient (Wildman–Crippen LogP) is 9.45. The molecule has 2 heteroatoms. The normalized spacial score (nSPS) is 12.5. The smallest absolute Gasteiger partial charge is 0.0561 e. The summed E-state index contributed by atoms with van der Waals surface area (Å²) < 4.78 is 4.86. The van der Waals surface area contributed by atoms with Gasteiger partial charge in [-0.05, 0) is 71.1 Å². The lowest BCUT2D eigenvalue weighted by molar-refractivity contribution is 1.15. The highest BCUT2D eigenvalue weighted by molar-refractivity contribution is 6.12. The van der Waals surface area contributed by atoms with Gasteiger partial charge in [0.05, 0.1) is 22.1 Å². The molecule has 8 aromatic rings. The van der Waals surface area contributed by atoms with E-state index in [-0.39, 0.29) is 0 Å². The summed E-state index contributed by atoms with van der Waals surface area (Å²) >= 11 is 0. The van der Waals surface area contributed by atoms with Gasteiger partial charge in [0.1, 0.15) is 0 Å². The zero-order chi connectivity index (χ0) is 25.5. The molecule has 182 valence electrons. The summed E-state index contributed by atoms with van der Waals surface area (Å²) in [5, 5.41) is 5.12. The quantitative estimate of drug-likeness (QED) is 0.226. The summed E-state index contributed by atoms with van der Waals surface area (Å²) in [5.74, 6) is 0. The minimum Gasteiger partial charge on any atom is -0.309 e. The van der Waals surface area contributed by atoms with Crippen molar-refractivity contribution in [2.24, 2.45) is 0 Å². The molecule has 1 aliphatic carbocycles. The summed E-state index contributed by atoms with van der Waals surface area (Å²) in [6.45, 7) is 0. The van der Waals surface area contributed by atoms with Crippen LogP contribution in [0.1, 0.15) is 11.1 Å². The Morgan fingerprint density at radius 2 is 0.846 bits per heavy atom. The molecule has 0 radical (unpaired) electrons. The Morgan fingerprint density at radius 3 is 1.54 bits per heavy atom. The number of benzene rings is 6. The highest BCUT2D eigenvalue weighted by Crippen LogP contribution is 2.40. The Hall–Kier alpha value is -5.08. The summed E-state index contributed by atoms with van der Waals surface area (Å²) in [4.78, 5) is 0. The Balaban J connectivity index is 1.35. The molecule has 39 heavy (non-hydrogen) atoms. The first-order chi connectivity index (χ1) is 19.3. The average Bonchev–Trinajstić information content (AvgIpc) is 3.64. The lowest BCUT2D eigenvalue weighted by Crippen LogP contribution is -1.97. The minimum atomic E-state index is 1.01. The van der Waals surface area contributed by atoms with Crippen LogP contribution in [0.15, 0.2) is 133 Å². The molecule has 0 spiro atoms. The maximum atomic E-state index is 2.45. The highest BCUT2D eigenvalue weighted by atomic mass is 15.0. The van der Waals surface area contributed by atoms with Crippen molar-refractivity contribution in [3.05, 3.63) is 145 Å². The largest absolute Gasteiger partial charge is 0.309 e. The lowest BCUT2D eigenvalue weighted by atomic mass is 10.1. The van der Waals surface area contributed by atoms with Gasteiger partial charge >= 0.3 is 0 Å². The second-order valence-corrected chi connectivity index (χ2v) is 10.6. The number of hydrogen-bond acceptors (Lipinski definition) is 0. The second-order valence-electron chi connectivity index (χ2n) is 10.6. The van der Waals surface area contributed by atoms with E-state index in [1.54, 1.807) is 0 Å². The molecule has 0 N–H and O–H groups in total. The zero-order valence-electron chi connectivity index (χ0n) is 21.3. The summed E-state index contributed by atoms with van der Waals surface area (Å²) in [5.41, 5.74) is 12.8. The molecule has 0 atom stereocenters. The number of rotatable bonds is 2. The molecule has 2 aromatic heterocycles. The molecule has 9 rings (SSSR count). The monoisotopic (exact) mass is 496 g/mol. The topological polar surface area (TPSA) is 9.86 Å². The third-order valence-electron chi connectivity index (χ3n) is 8.54. The molecule has 0 saturated carbocycles. The molecule has 0 saturated heterocycles. The molecular weight excluding hydrogens is 472 g/mol. The van der Waals surface area contributed by atoms with E-state index in [2.05, 4.69) is 143 Å². The van der Waals surface area contributed by atoms with E-state index in [0.29, 0.717) is 0 Å². The van der Waals surface area contributed by atoms with Crippen molar-refractivity contribution < 1.29 is 0 Å². The van der Waals surface area contributed by atoms with Crippen LogP contribution in [0.5, 0.6) is 0 Å². The van der Waals surface area contributed by atoms with Gasteiger partial charge in [0.2, 0.25) is 0 Å². The Kier molecular flexibility index (Phi) is 4.14. The summed E-state index contributed by atoms with van der Waals surface area (Å²) in [6, 6.07) is 49.0. The maximum absolute atomic E-state index is 2.45. The van der Waals surface area contributed by atoms with E-state index >= 15 is 0 Å². The molecule has 2 nitrogen and oxygen atoms in total. The Morgan fingerprint density at radius 1 is 0.359 bits per heavy atom. The van der Waals surface area contributed by atoms with Gasteiger partial charge in [-0.1, -0.05) is 91.0 Å². The van der Waals surface area contributed by atoms with Crippen molar-refractivity contribution in [2.75, 3.05) is 0 Å². The van der Waals surface area contributed by atoms with Crippen molar-refractivity contribution in [1.29, 1.82) is 0 Å². The van der Waals surface area contributed by atoms with Gasteiger partial charge in [-0.2, -0.15) is 0 Å². The number of nitrogens with zero attached hydrogens (tertiary/aromatic N) is 2. The van der Waals surface area contributed by atoms with Crippen LogP contribution in [0.25, 0.3) is 66.1 Å². The van der Waals surface area contributed by atoms with E-state index in [9.17, 15) is 0 Å².